The molecule has 1 aromatic rings. The molecule has 2 aliphatic heterocycles. The summed E-state index contributed by atoms with van der Waals surface area (Å²) in [5.41, 5.74) is 1.48. The number of hydrogen-bond acceptors (Lipinski definition) is 3. The Hall–Kier alpha value is -0.870. The van der Waals surface area contributed by atoms with E-state index in [0.717, 1.165) is 18.6 Å². The summed E-state index contributed by atoms with van der Waals surface area (Å²) in [5.74, 6) is 0. The van der Waals surface area contributed by atoms with Crippen molar-refractivity contribution in [2.24, 2.45) is 0 Å². The average Bonchev–Trinajstić information content (AvgIpc) is 2.83. The lowest BCUT2D eigenvalue weighted by atomic mass is 9.82. The van der Waals surface area contributed by atoms with Crippen LogP contribution in [-0.2, 0) is 6.54 Å². The van der Waals surface area contributed by atoms with Crippen LogP contribution in [0.1, 0.15) is 64.6 Å². The molecule has 0 amide bonds. The van der Waals surface area contributed by atoms with Crippen molar-refractivity contribution in [2.75, 3.05) is 7.05 Å². The van der Waals surface area contributed by atoms with Gasteiger partial charge in [0.05, 0.1) is 12.0 Å². The van der Waals surface area contributed by atoms with Crippen LogP contribution >= 0.6 is 0 Å². The Kier molecular flexibility index (Phi) is 4.10. The first-order valence-electron chi connectivity index (χ1n) is 8.42. The van der Waals surface area contributed by atoms with Gasteiger partial charge in [-0.05, 0) is 53.5 Å². The van der Waals surface area contributed by atoms with E-state index in [1.807, 2.05) is 12.5 Å². The van der Waals surface area contributed by atoms with Crippen LogP contribution in [0, 0.1) is 0 Å². The monoisotopic (exact) mass is 290 g/mol. The van der Waals surface area contributed by atoms with Gasteiger partial charge in [0.1, 0.15) is 0 Å². The molecule has 0 aliphatic carbocycles. The molecule has 0 radical (unpaired) electrons. The highest BCUT2D eigenvalue weighted by molar-refractivity contribution is 5.04. The van der Waals surface area contributed by atoms with Crippen LogP contribution in [0.4, 0.5) is 0 Å². The predicted octanol–water partition coefficient (Wildman–Crippen LogP) is 2.96. The Balaban J connectivity index is 1.71. The van der Waals surface area contributed by atoms with Crippen LogP contribution in [0.3, 0.4) is 0 Å². The van der Waals surface area contributed by atoms with Crippen molar-refractivity contribution < 1.29 is 0 Å². The molecule has 2 fully saturated rings. The number of nitrogens with zero attached hydrogens (tertiary/aromatic N) is 3. The van der Waals surface area contributed by atoms with Gasteiger partial charge in [0.15, 0.2) is 0 Å². The van der Waals surface area contributed by atoms with E-state index in [4.69, 9.17) is 0 Å². The van der Waals surface area contributed by atoms with Crippen molar-refractivity contribution in [3.63, 3.8) is 0 Å². The molecule has 4 nitrogen and oxygen atoms in total. The molecule has 0 saturated carbocycles. The molecule has 4 heteroatoms. The summed E-state index contributed by atoms with van der Waals surface area (Å²) in [6, 6.07) is 2.18. The van der Waals surface area contributed by atoms with Gasteiger partial charge in [-0.1, -0.05) is 6.42 Å². The zero-order chi connectivity index (χ0) is 15.0. The summed E-state index contributed by atoms with van der Waals surface area (Å²) < 4.78 is 2.44. The standard InChI is InChI=1S/C17H30N4/c1-17(2,3)19-11-16-10-18-12-21(16)15-8-13-6-5-7-14(9-15)20(13)4/h10,12-15,19H,5-9,11H2,1-4H3. The van der Waals surface area contributed by atoms with E-state index in [9.17, 15) is 0 Å². The van der Waals surface area contributed by atoms with Crippen molar-refractivity contribution in [1.82, 2.24) is 19.8 Å². The summed E-state index contributed by atoms with van der Waals surface area (Å²) in [6.45, 7) is 7.56. The fraction of sp³-hybridized carbons (Fsp3) is 0.824. The van der Waals surface area contributed by atoms with Gasteiger partial charge in [-0.2, -0.15) is 0 Å². The lowest BCUT2D eigenvalue weighted by molar-refractivity contribution is 0.0392. The molecule has 3 heterocycles. The molecule has 2 bridgehead atoms. The molecule has 2 aliphatic rings. The van der Waals surface area contributed by atoms with Gasteiger partial charge in [-0.3, -0.25) is 0 Å². The van der Waals surface area contributed by atoms with E-state index in [0.29, 0.717) is 6.04 Å². The fourth-order valence-electron chi connectivity index (χ4n) is 3.97. The number of hydrogen-bond donors (Lipinski definition) is 1. The van der Waals surface area contributed by atoms with Crippen molar-refractivity contribution in [3.8, 4) is 0 Å². The largest absolute Gasteiger partial charge is 0.330 e. The SMILES string of the molecule is CN1C2CCCC1CC(n1cncc1CNC(C)(C)C)C2. The lowest BCUT2D eigenvalue weighted by Gasteiger charge is -2.47. The molecular formula is C17H30N4. The van der Waals surface area contributed by atoms with E-state index in [-0.39, 0.29) is 5.54 Å². The minimum Gasteiger partial charge on any atom is -0.330 e. The maximum absolute atomic E-state index is 4.42. The van der Waals surface area contributed by atoms with Crippen LogP contribution in [0.2, 0.25) is 0 Å². The van der Waals surface area contributed by atoms with E-state index in [1.54, 1.807) is 0 Å². The predicted molar refractivity (Wildman–Crippen MR) is 86.3 cm³/mol. The molecule has 1 N–H and O–H groups in total. The van der Waals surface area contributed by atoms with Crippen molar-refractivity contribution in [3.05, 3.63) is 18.2 Å². The smallest absolute Gasteiger partial charge is 0.0951 e. The van der Waals surface area contributed by atoms with Crippen molar-refractivity contribution in [1.29, 1.82) is 0 Å². The second-order valence-electron chi connectivity index (χ2n) is 7.93. The maximum Gasteiger partial charge on any atom is 0.0951 e. The van der Waals surface area contributed by atoms with Gasteiger partial charge >= 0.3 is 0 Å². The highest BCUT2D eigenvalue weighted by Gasteiger charge is 2.36. The Morgan fingerprint density at radius 1 is 1.19 bits per heavy atom. The van der Waals surface area contributed by atoms with E-state index < -0.39 is 0 Å². The average molecular weight is 290 g/mol. The minimum atomic E-state index is 0.151. The summed E-state index contributed by atoms with van der Waals surface area (Å²) in [4.78, 5) is 7.05. The highest BCUT2D eigenvalue weighted by Crippen LogP contribution is 2.38. The topological polar surface area (TPSA) is 33.1 Å². The Labute approximate surface area is 128 Å². The molecule has 2 atom stereocenters. The summed E-state index contributed by atoms with van der Waals surface area (Å²) in [7, 11) is 2.32. The van der Waals surface area contributed by atoms with Gasteiger partial charge in [-0.25, -0.2) is 4.98 Å². The molecule has 118 valence electrons. The second kappa shape index (κ2) is 5.73. The highest BCUT2D eigenvalue weighted by atomic mass is 15.2. The van der Waals surface area contributed by atoms with Crippen LogP contribution in [0.5, 0.6) is 0 Å². The minimum absolute atomic E-state index is 0.151. The second-order valence-corrected chi connectivity index (χ2v) is 7.93. The van der Waals surface area contributed by atoms with Gasteiger partial charge in [0.25, 0.3) is 0 Å². The number of imidazole rings is 1. The number of aromatic nitrogens is 2. The first-order valence-corrected chi connectivity index (χ1v) is 8.42. The quantitative estimate of drug-likeness (QED) is 0.929. The Morgan fingerprint density at radius 2 is 1.86 bits per heavy atom. The molecule has 0 spiro atoms. The zero-order valence-electron chi connectivity index (χ0n) is 14.0. The molecule has 2 saturated heterocycles. The van der Waals surface area contributed by atoms with Crippen LogP contribution in [-0.4, -0.2) is 39.1 Å². The molecule has 0 aromatic carbocycles. The summed E-state index contributed by atoms with van der Waals surface area (Å²) >= 11 is 0. The van der Waals surface area contributed by atoms with Crippen molar-refractivity contribution in [2.45, 2.75) is 83.1 Å². The van der Waals surface area contributed by atoms with Gasteiger partial charge in [0.2, 0.25) is 0 Å². The van der Waals surface area contributed by atoms with Gasteiger partial charge in [0, 0.05) is 36.4 Å². The van der Waals surface area contributed by atoms with Crippen molar-refractivity contribution >= 4 is 0 Å². The third-order valence-electron chi connectivity index (χ3n) is 5.25. The zero-order valence-corrected chi connectivity index (χ0v) is 14.0. The number of nitrogens with one attached hydrogen (secondary N) is 1. The normalized spacial score (nSPS) is 30.6. The molecule has 2 unspecified atom stereocenters. The molecular weight excluding hydrogens is 260 g/mol. The number of rotatable bonds is 3. The van der Waals surface area contributed by atoms with Crippen LogP contribution < -0.4 is 5.32 Å². The molecule has 21 heavy (non-hydrogen) atoms. The third kappa shape index (κ3) is 3.32. The summed E-state index contributed by atoms with van der Waals surface area (Å²) in [6.07, 6.45) is 10.8. The van der Waals surface area contributed by atoms with E-state index in [1.165, 1.54) is 37.8 Å². The fourth-order valence-corrected chi connectivity index (χ4v) is 3.97. The van der Waals surface area contributed by atoms with Gasteiger partial charge in [-0.15, -0.1) is 0 Å². The first-order chi connectivity index (χ1) is 9.94. The Morgan fingerprint density at radius 3 is 2.48 bits per heavy atom. The van der Waals surface area contributed by atoms with Crippen LogP contribution in [0.25, 0.3) is 0 Å². The van der Waals surface area contributed by atoms with E-state index in [2.05, 4.69) is 47.6 Å². The maximum atomic E-state index is 4.42. The van der Waals surface area contributed by atoms with Crippen LogP contribution in [0.15, 0.2) is 12.5 Å². The van der Waals surface area contributed by atoms with E-state index >= 15 is 0 Å². The number of fused-ring (bicyclic) bond motifs is 2. The lowest BCUT2D eigenvalue weighted by Crippen LogP contribution is -2.50. The van der Waals surface area contributed by atoms with Gasteiger partial charge < -0.3 is 14.8 Å². The molecule has 3 rings (SSSR count). The summed E-state index contributed by atoms with van der Waals surface area (Å²) in [5, 5.41) is 3.59. The Bertz CT molecular complexity index is 459. The first kappa shape index (κ1) is 15.0. The molecule has 1 aromatic heterocycles. The number of piperidine rings is 2. The third-order valence-corrected chi connectivity index (χ3v) is 5.25.